The van der Waals surface area contributed by atoms with E-state index in [1.54, 1.807) is 13.0 Å². The van der Waals surface area contributed by atoms with Gasteiger partial charge in [-0.3, -0.25) is 4.79 Å². The molecule has 0 atom stereocenters. The molecule has 0 unspecified atom stereocenters. The van der Waals surface area contributed by atoms with Gasteiger partial charge in [0.2, 0.25) is 0 Å². The summed E-state index contributed by atoms with van der Waals surface area (Å²) in [7, 11) is 0. The summed E-state index contributed by atoms with van der Waals surface area (Å²) >= 11 is 0. The maximum atomic E-state index is 10.6. The van der Waals surface area contributed by atoms with Crippen molar-refractivity contribution in [2.24, 2.45) is 0 Å². The van der Waals surface area contributed by atoms with Crippen LogP contribution in [0.3, 0.4) is 0 Å². The van der Waals surface area contributed by atoms with Crippen molar-refractivity contribution in [3.63, 3.8) is 0 Å². The molecule has 1 nitrogen and oxygen atoms in total. The molecule has 0 N–H and O–H groups in total. The highest BCUT2D eigenvalue weighted by Gasteiger charge is 1.91. The molecule has 11 heavy (non-hydrogen) atoms. The Hall–Kier alpha value is -0.590. The van der Waals surface area contributed by atoms with Crippen LogP contribution < -0.4 is 0 Å². The number of carbonyl (C=O) groups is 1. The Morgan fingerprint density at radius 1 is 1.27 bits per heavy atom. The lowest BCUT2D eigenvalue weighted by atomic mass is 10.1. The zero-order valence-electron chi connectivity index (χ0n) is 7.81. The Morgan fingerprint density at radius 2 is 1.91 bits per heavy atom. The molecule has 0 rings (SSSR count). The van der Waals surface area contributed by atoms with E-state index in [4.69, 9.17) is 0 Å². The molecule has 0 saturated carbocycles. The van der Waals surface area contributed by atoms with E-state index in [0.717, 1.165) is 6.42 Å². The van der Waals surface area contributed by atoms with Crippen LogP contribution in [-0.4, -0.2) is 5.78 Å². The number of hydrogen-bond donors (Lipinski definition) is 0. The van der Waals surface area contributed by atoms with Crippen LogP contribution >= 0.6 is 0 Å². The van der Waals surface area contributed by atoms with Crippen LogP contribution in [0, 0.1) is 0 Å². The Kier molecular flexibility index (Phi) is 5.81. The molecule has 0 saturated heterocycles. The SMILES string of the molecule is CCCCCC(C)=CC(C)=O. The average molecular weight is 154 g/mol. The van der Waals surface area contributed by atoms with E-state index in [9.17, 15) is 4.79 Å². The second-order valence-electron chi connectivity index (χ2n) is 3.06. The van der Waals surface area contributed by atoms with E-state index in [2.05, 4.69) is 6.92 Å². The van der Waals surface area contributed by atoms with Gasteiger partial charge < -0.3 is 0 Å². The first-order valence-electron chi connectivity index (χ1n) is 4.34. The summed E-state index contributed by atoms with van der Waals surface area (Å²) in [6.45, 7) is 5.81. The van der Waals surface area contributed by atoms with Gasteiger partial charge in [-0.1, -0.05) is 25.3 Å². The second kappa shape index (κ2) is 6.14. The number of ketones is 1. The normalized spacial score (nSPS) is 11.7. The molecule has 0 aliphatic heterocycles. The zero-order valence-corrected chi connectivity index (χ0v) is 7.81. The topological polar surface area (TPSA) is 17.1 Å². The van der Waals surface area contributed by atoms with Crippen LogP contribution in [0.4, 0.5) is 0 Å². The number of unbranched alkanes of at least 4 members (excludes halogenated alkanes) is 2. The minimum absolute atomic E-state index is 0.166. The average Bonchev–Trinajstić information content (AvgIpc) is 1.86. The van der Waals surface area contributed by atoms with Gasteiger partial charge in [0.1, 0.15) is 0 Å². The van der Waals surface area contributed by atoms with E-state index in [1.807, 2.05) is 6.92 Å². The highest BCUT2D eigenvalue weighted by molar-refractivity contribution is 5.87. The molecule has 0 aromatic rings. The minimum Gasteiger partial charge on any atom is -0.295 e. The molecule has 0 aromatic carbocycles. The number of rotatable bonds is 5. The first-order valence-corrected chi connectivity index (χ1v) is 4.34. The monoisotopic (exact) mass is 154 g/mol. The molecule has 0 radical (unpaired) electrons. The van der Waals surface area contributed by atoms with Gasteiger partial charge in [-0.15, -0.1) is 0 Å². The smallest absolute Gasteiger partial charge is 0.152 e. The van der Waals surface area contributed by atoms with Crippen LogP contribution in [0.25, 0.3) is 0 Å². The Morgan fingerprint density at radius 3 is 2.36 bits per heavy atom. The molecule has 0 amide bonds. The Labute approximate surface area is 69.5 Å². The lowest BCUT2D eigenvalue weighted by Crippen LogP contribution is -1.86. The molecule has 1 heteroatoms. The van der Waals surface area contributed by atoms with Crippen molar-refractivity contribution >= 4 is 5.78 Å². The van der Waals surface area contributed by atoms with Crippen LogP contribution in [0.1, 0.15) is 46.5 Å². The largest absolute Gasteiger partial charge is 0.295 e. The van der Waals surface area contributed by atoms with Crippen LogP contribution in [0.2, 0.25) is 0 Å². The van der Waals surface area contributed by atoms with Crippen molar-refractivity contribution in [1.29, 1.82) is 0 Å². The number of carbonyl (C=O) groups excluding carboxylic acids is 1. The van der Waals surface area contributed by atoms with E-state index < -0.39 is 0 Å². The fourth-order valence-corrected chi connectivity index (χ4v) is 1.07. The molecule has 0 spiro atoms. The standard InChI is InChI=1S/C10H18O/c1-4-5-6-7-9(2)8-10(3)11/h8H,4-7H2,1-3H3. The van der Waals surface area contributed by atoms with E-state index in [0.29, 0.717) is 0 Å². The van der Waals surface area contributed by atoms with Crippen LogP contribution in [0.5, 0.6) is 0 Å². The Balaban J connectivity index is 3.51. The lowest BCUT2D eigenvalue weighted by Gasteiger charge is -1.97. The molecule has 64 valence electrons. The third-order valence-corrected chi connectivity index (χ3v) is 1.62. The van der Waals surface area contributed by atoms with Gasteiger partial charge in [-0.25, -0.2) is 0 Å². The molecule has 0 aromatic heterocycles. The zero-order chi connectivity index (χ0) is 8.69. The highest BCUT2D eigenvalue weighted by atomic mass is 16.1. The lowest BCUT2D eigenvalue weighted by molar-refractivity contribution is -0.112. The summed E-state index contributed by atoms with van der Waals surface area (Å²) in [5, 5.41) is 0. The number of allylic oxidation sites excluding steroid dienone is 2. The third kappa shape index (κ3) is 7.31. The van der Waals surface area contributed by atoms with E-state index in [-0.39, 0.29) is 5.78 Å². The van der Waals surface area contributed by atoms with Crippen LogP contribution in [-0.2, 0) is 4.79 Å². The summed E-state index contributed by atoms with van der Waals surface area (Å²) in [4.78, 5) is 10.6. The van der Waals surface area contributed by atoms with Crippen molar-refractivity contribution in [3.05, 3.63) is 11.6 Å². The first-order chi connectivity index (χ1) is 5.16. The van der Waals surface area contributed by atoms with E-state index >= 15 is 0 Å². The van der Waals surface area contributed by atoms with Crippen molar-refractivity contribution in [2.45, 2.75) is 46.5 Å². The summed E-state index contributed by atoms with van der Waals surface area (Å²) in [6.07, 6.45) is 6.53. The van der Waals surface area contributed by atoms with Crippen molar-refractivity contribution in [3.8, 4) is 0 Å². The van der Waals surface area contributed by atoms with Gasteiger partial charge in [-0.05, 0) is 32.8 Å². The van der Waals surface area contributed by atoms with Gasteiger partial charge in [0.15, 0.2) is 5.78 Å². The minimum atomic E-state index is 0.166. The maximum absolute atomic E-state index is 10.6. The third-order valence-electron chi connectivity index (χ3n) is 1.62. The molecular weight excluding hydrogens is 136 g/mol. The first kappa shape index (κ1) is 10.4. The van der Waals surface area contributed by atoms with Crippen molar-refractivity contribution in [1.82, 2.24) is 0 Å². The van der Waals surface area contributed by atoms with Crippen molar-refractivity contribution in [2.75, 3.05) is 0 Å². The van der Waals surface area contributed by atoms with Gasteiger partial charge >= 0.3 is 0 Å². The summed E-state index contributed by atoms with van der Waals surface area (Å²) in [6, 6.07) is 0. The van der Waals surface area contributed by atoms with Gasteiger partial charge in [0, 0.05) is 0 Å². The Bertz CT molecular complexity index is 145. The molecule has 0 heterocycles. The molecule has 0 fully saturated rings. The quantitative estimate of drug-likeness (QED) is 0.439. The molecule has 0 bridgehead atoms. The van der Waals surface area contributed by atoms with Gasteiger partial charge in [-0.2, -0.15) is 0 Å². The fourth-order valence-electron chi connectivity index (χ4n) is 1.07. The van der Waals surface area contributed by atoms with Crippen molar-refractivity contribution < 1.29 is 4.79 Å². The predicted octanol–water partition coefficient (Wildman–Crippen LogP) is 3.10. The molecular formula is C10H18O. The summed E-state index contributed by atoms with van der Waals surface area (Å²) in [5.74, 6) is 0.166. The van der Waals surface area contributed by atoms with Gasteiger partial charge in [0.25, 0.3) is 0 Å². The van der Waals surface area contributed by atoms with Crippen LogP contribution in [0.15, 0.2) is 11.6 Å². The summed E-state index contributed by atoms with van der Waals surface area (Å²) < 4.78 is 0. The highest BCUT2D eigenvalue weighted by Crippen LogP contribution is 2.07. The maximum Gasteiger partial charge on any atom is 0.152 e. The predicted molar refractivity (Wildman–Crippen MR) is 48.6 cm³/mol. The summed E-state index contributed by atoms with van der Waals surface area (Å²) in [5.41, 5.74) is 1.21. The molecule has 0 aliphatic rings. The second-order valence-corrected chi connectivity index (χ2v) is 3.06. The number of hydrogen-bond acceptors (Lipinski definition) is 1. The fraction of sp³-hybridized carbons (Fsp3) is 0.700. The van der Waals surface area contributed by atoms with E-state index in [1.165, 1.54) is 24.8 Å². The molecule has 0 aliphatic carbocycles. The van der Waals surface area contributed by atoms with Gasteiger partial charge in [0.05, 0.1) is 0 Å².